The van der Waals surface area contributed by atoms with Gasteiger partial charge in [-0.15, -0.1) is 0 Å². The Balaban J connectivity index is 6.80. The molecule has 0 aromatic carbocycles. The third-order valence-corrected chi connectivity index (χ3v) is 13.1. The van der Waals surface area contributed by atoms with E-state index in [0.717, 1.165) is 13.8 Å². The molecule has 0 radical (unpaired) electrons. The minimum atomic E-state index is -6.81. The quantitative estimate of drug-likeness (QED) is 0.507. The number of hydrogen-bond donors (Lipinski definition) is 0. The van der Waals surface area contributed by atoms with E-state index in [1.54, 1.807) is 0 Å². The number of hydrogen-bond acceptors (Lipinski definition) is 5. The Morgan fingerprint density at radius 1 is 0.864 bits per heavy atom. The molecule has 0 saturated heterocycles. The summed E-state index contributed by atoms with van der Waals surface area (Å²) in [5.74, 6) is 0. The third-order valence-electron chi connectivity index (χ3n) is 2.84. The Morgan fingerprint density at radius 3 is 1.27 bits per heavy atom. The van der Waals surface area contributed by atoms with Crippen LogP contribution in [-0.2, 0) is 24.5 Å². The Hall–Kier alpha value is -0.383. The van der Waals surface area contributed by atoms with Crippen LogP contribution in [0.15, 0.2) is 0 Å². The highest BCUT2D eigenvalue weighted by atomic mass is 32.3. The van der Waals surface area contributed by atoms with Gasteiger partial charge in [-0.25, -0.2) is 16.8 Å². The predicted molar refractivity (Wildman–Crippen MR) is 65.5 cm³/mol. The van der Waals surface area contributed by atoms with Gasteiger partial charge in [0, 0.05) is 7.11 Å². The largest absolute Gasteiger partial charge is 0.512 e. The topological polar surface area (TPSA) is 80.8 Å². The van der Waals surface area contributed by atoms with Crippen molar-refractivity contribution in [3.8, 4) is 0 Å². The zero-order valence-electron chi connectivity index (χ0n) is 11.5. The molecule has 0 aliphatic rings. The van der Waals surface area contributed by atoms with Gasteiger partial charge in [0.25, 0.3) is 0 Å². The van der Waals surface area contributed by atoms with Crippen LogP contribution in [0.1, 0.15) is 13.8 Å². The van der Waals surface area contributed by atoms with Crippen LogP contribution >= 0.6 is 0 Å². The van der Waals surface area contributed by atoms with Gasteiger partial charge in [-0.2, -0.15) is 26.3 Å². The summed E-state index contributed by atoms with van der Waals surface area (Å²) < 4.78 is 125. The van der Waals surface area contributed by atoms with E-state index < -0.39 is 55.0 Å². The van der Waals surface area contributed by atoms with Crippen LogP contribution in [0.2, 0.25) is 12.1 Å². The lowest BCUT2D eigenvalue weighted by Gasteiger charge is -2.37. The molecule has 0 N–H and O–H groups in total. The van der Waals surface area contributed by atoms with Crippen molar-refractivity contribution in [1.82, 2.24) is 3.38 Å². The molecule has 0 spiro atoms. The molecule has 134 valence electrons. The fraction of sp³-hybridized carbons (Fsp3) is 1.00. The molecule has 0 fully saturated rings. The highest BCUT2D eigenvalue weighted by Crippen LogP contribution is 2.40. The van der Waals surface area contributed by atoms with Crippen LogP contribution in [0.3, 0.4) is 0 Å². The van der Waals surface area contributed by atoms with Crippen LogP contribution in [0.5, 0.6) is 0 Å². The van der Waals surface area contributed by atoms with Crippen LogP contribution in [0.4, 0.5) is 26.3 Å². The summed E-state index contributed by atoms with van der Waals surface area (Å²) in [7, 11) is -17.6. The van der Waals surface area contributed by atoms with Crippen LogP contribution in [-0.4, -0.2) is 46.8 Å². The van der Waals surface area contributed by atoms with Crippen molar-refractivity contribution >= 4 is 28.5 Å². The average molecular weight is 397 g/mol. The van der Waals surface area contributed by atoms with Crippen LogP contribution in [0.25, 0.3) is 0 Å². The lowest BCUT2D eigenvalue weighted by Crippen LogP contribution is -2.64. The van der Waals surface area contributed by atoms with Crippen LogP contribution in [0, 0.1) is 0 Å². The van der Waals surface area contributed by atoms with Crippen molar-refractivity contribution in [3.63, 3.8) is 0 Å². The molecule has 0 bridgehead atoms. The van der Waals surface area contributed by atoms with Gasteiger partial charge in [-0.05, 0) is 12.1 Å². The average Bonchev–Trinajstić information content (AvgIpc) is 2.32. The van der Waals surface area contributed by atoms with Crippen LogP contribution < -0.4 is 0 Å². The third kappa shape index (κ3) is 3.42. The molecule has 22 heavy (non-hydrogen) atoms. The molecule has 0 aromatic heterocycles. The molecule has 6 nitrogen and oxygen atoms in total. The number of alkyl halides is 6. The number of nitrogens with zero attached hydrogens (tertiary/aromatic N) is 1. The van der Waals surface area contributed by atoms with Gasteiger partial charge in [0.15, 0.2) is 0 Å². The summed E-state index contributed by atoms with van der Waals surface area (Å²) in [5.41, 5.74) is -12.5. The molecule has 15 heteroatoms. The molecule has 0 unspecified atom stereocenters. The summed E-state index contributed by atoms with van der Waals surface area (Å²) >= 11 is 0. The number of rotatable bonds is 6. The number of sulfonamides is 2. The van der Waals surface area contributed by atoms with Crippen molar-refractivity contribution in [3.05, 3.63) is 0 Å². The van der Waals surface area contributed by atoms with E-state index in [1.165, 1.54) is 0 Å². The van der Waals surface area contributed by atoms with Gasteiger partial charge < -0.3 is 4.43 Å². The molecule has 0 aliphatic carbocycles. The van der Waals surface area contributed by atoms with Crippen molar-refractivity contribution in [2.24, 2.45) is 0 Å². The summed E-state index contributed by atoms with van der Waals surface area (Å²) in [5, 5.41) is 0. The molecule has 0 aliphatic heterocycles. The van der Waals surface area contributed by atoms with Crippen molar-refractivity contribution < 1.29 is 47.6 Å². The van der Waals surface area contributed by atoms with Crippen molar-refractivity contribution in [1.29, 1.82) is 0 Å². The second kappa shape index (κ2) is 6.25. The maximum Gasteiger partial charge on any atom is 0.512 e. The van der Waals surface area contributed by atoms with E-state index in [-0.39, 0.29) is 0 Å². The maximum absolute atomic E-state index is 12.6. The Labute approximate surface area is 124 Å². The molecular weight excluding hydrogens is 384 g/mol. The summed E-state index contributed by atoms with van der Waals surface area (Å²) in [6.07, 6.45) is 0. The molecule has 0 saturated carbocycles. The van der Waals surface area contributed by atoms with Gasteiger partial charge in [0.2, 0.25) is 0 Å². The zero-order chi connectivity index (χ0) is 18.2. The molecule has 0 rings (SSSR count). The Bertz CT molecular complexity index is 542. The first-order valence-corrected chi connectivity index (χ1v) is 10.7. The first-order valence-electron chi connectivity index (χ1n) is 5.53. The first-order chi connectivity index (χ1) is 9.55. The highest BCUT2D eigenvalue weighted by Gasteiger charge is 2.68. The van der Waals surface area contributed by atoms with Gasteiger partial charge >= 0.3 is 39.5 Å². The van der Waals surface area contributed by atoms with Gasteiger partial charge in [-0.3, -0.25) is 0 Å². The smallest absolute Gasteiger partial charge is 0.405 e. The normalized spacial score (nSPS) is 15.4. The highest BCUT2D eigenvalue weighted by molar-refractivity contribution is 8.06. The second-order valence-corrected chi connectivity index (χ2v) is 12.6. The van der Waals surface area contributed by atoms with Gasteiger partial charge in [-0.1, -0.05) is 17.2 Å². The van der Waals surface area contributed by atoms with E-state index in [4.69, 9.17) is 0 Å². The fourth-order valence-electron chi connectivity index (χ4n) is 1.63. The van der Waals surface area contributed by atoms with E-state index in [9.17, 15) is 43.2 Å². The molecule has 0 aromatic rings. The van der Waals surface area contributed by atoms with Gasteiger partial charge in [0.1, 0.15) is 0 Å². The molecular formula is C7H13F6NO5S2Si. The molecule has 0 amide bonds. The lowest BCUT2D eigenvalue weighted by molar-refractivity contribution is -0.0515. The van der Waals surface area contributed by atoms with E-state index >= 15 is 0 Å². The minimum Gasteiger partial charge on any atom is -0.405 e. The lowest BCUT2D eigenvalue weighted by atomic mass is 10.9. The first kappa shape index (κ1) is 21.6. The van der Waals surface area contributed by atoms with Crippen molar-refractivity contribution in [2.45, 2.75) is 37.0 Å². The zero-order valence-corrected chi connectivity index (χ0v) is 14.1. The van der Waals surface area contributed by atoms with E-state index in [1.807, 2.05) is 0 Å². The molecule has 0 atom stereocenters. The van der Waals surface area contributed by atoms with Crippen molar-refractivity contribution in [2.75, 3.05) is 7.11 Å². The van der Waals surface area contributed by atoms with Gasteiger partial charge in [0.05, 0.1) is 0 Å². The second-order valence-electron chi connectivity index (χ2n) is 3.96. The SMILES string of the molecule is CC[Si](CC)(OC)N(S(=O)(=O)C(F)(F)F)S(=O)(=O)C(F)(F)F. The molecule has 0 heterocycles. The summed E-state index contributed by atoms with van der Waals surface area (Å²) in [4.78, 5) is 0. The predicted octanol–water partition coefficient (Wildman–Crippen LogP) is 2.12. The summed E-state index contributed by atoms with van der Waals surface area (Å²) in [6.45, 7) is 2.09. The monoisotopic (exact) mass is 397 g/mol. The number of halogens is 6. The Kier molecular flexibility index (Phi) is 6.15. The fourth-order valence-corrected chi connectivity index (χ4v) is 11.4. The Morgan fingerprint density at radius 2 is 1.14 bits per heavy atom. The standard InChI is InChI=1S/C7H13F6NO5S2Si/c1-4-22(5-2,19-3)14(20(15,16)6(8,9)10)21(17,18)7(11,12)13/h4-5H2,1-3H3. The summed E-state index contributed by atoms with van der Waals surface area (Å²) in [6, 6.07) is -1.27. The van der Waals surface area contributed by atoms with E-state index in [2.05, 4.69) is 4.43 Å². The maximum atomic E-state index is 12.6. The minimum absolute atomic E-state index is 0.634. The van der Waals surface area contributed by atoms with E-state index in [0.29, 0.717) is 7.11 Å².